The number of hydrogen-bond donors (Lipinski definition) is 1. The molecule has 3 rings (SSSR count). The Kier molecular flexibility index (Phi) is 9.69. The molecule has 3 aromatic rings. The van der Waals surface area contributed by atoms with Crippen molar-refractivity contribution < 1.29 is 45.7 Å². The van der Waals surface area contributed by atoms with Gasteiger partial charge in [0.1, 0.15) is 0 Å². The van der Waals surface area contributed by atoms with Crippen LogP contribution in [0, 0.1) is 12.1 Å². The molecular weight excluding hydrogens is 597 g/mol. The minimum Gasteiger partial charge on any atom is -0.569 e. The van der Waals surface area contributed by atoms with E-state index in [0.29, 0.717) is 5.56 Å². The van der Waals surface area contributed by atoms with Crippen LogP contribution in [0.1, 0.15) is 38.4 Å². The van der Waals surface area contributed by atoms with Crippen molar-refractivity contribution >= 4 is 21.9 Å². The van der Waals surface area contributed by atoms with Crippen molar-refractivity contribution in [2.75, 3.05) is 13.8 Å². The van der Waals surface area contributed by atoms with Crippen LogP contribution in [0.4, 0.5) is 13.2 Å². The molecule has 0 fully saturated rings. The van der Waals surface area contributed by atoms with Gasteiger partial charge in [-0.15, -0.1) is 5.01 Å². The molecule has 43 heavy (non-hydrogen) atoms. The molecule has 0 spiro atoms. The van der Waals surface area contributed by atoms with Gasteiger partial charge in [-0.3, -0.25) is 9.59 Å². The average Bonchev–Trinajstić information content (AvgIpc) is 3.41. The summed E-state index contributed by atoms with van der Waals surface area (Å²) in [6.07, 6.45) is -4.65. The second-order valence-corrected chi connectivity index (χ2v) is 11.3. The molecule has 0 radical (unpaired) electrons. The Hall–Kier alpha value is -4.67. The Morgan fingerprint density at radius 2 is 1.72 bits per heavy atom. The smallest absolute Gasteiger partial charge is 0.435 e. The highest BCUT2D eigenvalue weighted by Crippen LogP contribution is 2.33. The molecule has 0 unspecified atom stereocenters. The Labute approximate surface area is 245 Å². The monoisotopic (exact) mass is 626 g/mol. The number of aryl methyl sites for hydroxylation is 1. The lowest BCUT2D eigenvalue weighted by molar-refractivity contribution is -0.717. The highest BCUT2D eigenvalue weighted by molar-refractivity contribution is 7.90. The van der Waals surface area contributed by atoms with Gasteiger partial charge in [0.15, 0.2) is 11.2 Å². The number of likely N-dealkylation sites (N-methyl/N-ethyl adjacent to an activating group) is 1. The first-order chi connectivity index (χ1) is 20.0. The molecule has 0 atom stereocenters. The largest absolute Gasteiger partial charge is 0.569 e. The van der Waals surface area contributed by atoms with Crippen molar-refractivity contribution in [1.29, 1.82) is 0 Å². The molecule has 0 aliphatic rings. The minimum atomic E-state index is -4.72. The third-order valence-electron chi connectivity index (χ3n) is 6.28. The highest BCUT2D eigenvalue weighted by Gasteiger charge is 2.41. The summed E-state index contributed by atoms with van der Waals surface area (Å²) >= 11 is 0. The molecule has 0 aliphatic heterocycles. The summed E-state index contributed by atoms with van der Waals surface area (Å²) in [5, 5.41) is 19.8. The van der Waals surface area contributed by atoms with Gasteiger partial charge >= 0.3 is 12.1 Å². The Morgan fingerprint density at radius 3 is 2.28 bits per heavy atom. The van der Waals surface area contributed by atoms with Crippen LogP contribution in [0.15, 0.2) is 64.8 Å². The van der Waals surface area contributed by atoms with Crippen LogP contribution in [0.25, 0.3) is 16.9 Å². The van der Waals surface area contributed by atoms with E-state index in [2.05, 4.69) is 20.0 Å². The van der Waals surface area contributed by atoms with Gasteiger partial charge in [-0.05, 0) is 51.1 Å². The number of rotatable bonds is 11. The van der Waals surface area contributed by atoms with Gasteiger partial charge in [0, 0.05) is 12.0 Å². The summed E-state index contributed by atoms with van der Waals surface area (Å²) in [6.45, 7) is 5.20. The lowest BCUT2D eigenvalue weighted by atomic mass is 10.1. The topological polar surface area (TPSA) is 158 Å². The number of halogens is 3. The number of aromatic nitrogens is 2. The van der Waals surface area contributed by atoms with Crippen molar-refractivity contribution in [3.63, 3.8) is 0 Å². The van der Waals surface area contributed by atoms with Gasteiger partial charge in [0.25, 0.3) is 22.7 Å². The van der Waals surface area contributed by atoms with Crippen LogP contribution in [0.3, 0.4) is 0 Å². The average molecular weight is 627 g/mol. The fraction of sp³-hybridized carbons (Fsp3) is 0.346. The summed E-state index contributed by atoms with van der Waals surface area (Å²) in [7, 11) is -3.35. The summed E-state index contributed by atoms with van der Waals surface area (Å²) in [4.78, 5) is 28.1. The molecular formula is C26H29F3N6O7S. The second kappa shape index (κ2) is 12.7. The molecule has 0 saturated carbocycles. The Bertz CT molecular complexity index is 1600. The third-order valence-corrected chi connectivity index (χ3v) is 7.62. The van der Waals surface area contributed by atoms with Gasteiger partial charge in [-0.25, -0.2) is 17.8 Å². The third kappa shape index (κ3) is 7.79. The fourth-order valence-electron chi connectivity index (χ4n) is 3.40. The molecule has 0 bridgehead atoms. The van der Waals surface area contributed by atoms with Crippen LogP contribution >= 0.6 is 0 Å². The first-order valence-corrected chi connectivity index (χ1v) is 14.1. The Balaban J connectivity index is 1.81. The van der Waals surface area contributed by atoms with Crippen molar-refractivity contribution in [2.24, 2.45) is 5.28 Å². The van der Waals surface area contributed by atoms with E-state index < -0.39 is 46.1 Å². The van der Waals surface area contributed by atoms with E-state index >= 15 is 0 Å². The van der Waals surface area contributed by atoms with Gasteiger partial charge in [0.05, 0.1) is 28.3 Å². The molecule has 232 valence electrons. The number of sulfonamides is 1. The predicted octanol–water partition coefficient (Wildman–Crippen LogP) is 4.10. The standard InChI is InChI=1S/C26H29F3N6O7S/c1-6-23(36)41-16-42-32-35(38)33(5)25(3,4)24(37)31-43(39,40)20-13-11-19(12-14-20)34-21(15-22(30-34)26(27,28)29)18-9-7-17(2)8-10-18/h7-15H,6,16H2,1-5H3,(H,31,37)/b35-32-. The van der Waals surface area contributed by atoms with Crippen molar-refractivity contribution in [3.05, 3.63) is 71.1 Å². The molecule has 13 nitrogen and oxygen atoms in total. The number of ether oxygens (including phenoxy) is 1. The number of carbonyl (C=O) groups excluding carboxylic acids is 2. The van der Waals surface area contributed by atoms with Crippen LogP contribution in [0.5, 0.6) is 0 Å². The summed E-state index contributed by atoms with van der Waals surface area (Å²) in [6, 6.07) is 12.3. The highest BCUT2D eigenvalue weighted by atomic mass is 32.2. The van der Waals surface area contributed by atoms with E-state index in [1.165, 1.54) is 26.0 Å². The molecule has 1 N–H and O–H groups in total. The minimum absolute atomic E-state index is 0.0749. The van der Waals surface area contributed by atoms with Crippen LogP contribution in [0.2, 0.25) is 0 Å². The SMILES string of the molecule is CCC(=O)OCO/N=[N+](\[O-])N(C)C(C)(C)C(=O)NS(=O)(=O)c1ccc(-n2nc(C(F)(F)F)cc2-c2ccc(C)cc2)cc1. The lowest BCUT2D eigenvalue weighted by Crippen LogP contribution is -2.56. The molecule has 2 aromatic carbocycles. The van der Waals surface area contributed by atoms with Crippen LogP contribution in [-0.2, 0) is 35.4 Å². The zero-order chi connectivity index (χ0) is 32.2. The quantitative estimate of drug-likeness (QED) is 0.0826. The van der Waals surface area contributed by atoms with E-state index in [4.69, 9.17) is 0 Å². The number of benzene rings is 2. The van der Waals surface area contributed by atoms with Crippen molar-refractivity contribution in [2.45, 2.75) is 50.7 Å². The van der Waals surface area contributed by atoms with E-state index in [-0.39, 0.29) is 27.7 Å². The summed E-state index contributed by atoms with van der Waals surface area (Å²) in [5.41, 5.74) is -1.31. The summed E-state index contributed by atoms with van der Waals surface area (Å²) in [5.74, 6) is -1.71. The van der Waals surface area contributed by atoms with Crippen molar-refractivity contribution in [1.82, 2.24) is 19.5 Å². The molecule has 1 amide bonds. The molecule has 1 aromatic heterocycles. The number of amides is 1. The second-order valence-electron chi connectivity index (χ2n) is 9.65. The predicted molar refractivity (Wildman–Crippen MR) is 144 cm³/mol. The molecule has 0 aliphatic carbocycles. The van der Waals surface area contributed by atoms with Gasteiger partial charge in [0.2, 0.25) is 5.28 Å². The van der Waals surface area contributed by atoms with E-state index in [9.17, 15) is 36.4 Å². The van der Waals surface area contributed by atoms with Gasteiger partial charge in [-0.2, -0.15) is 18.3 Å². The van der Waals surface area contributed by atoms with Gasteiger partial charge < -0.3 is 14.8 Å². The first-order valence-electron chi connectivity index (χ1n) is 12.6. The maximum Gasteiger partial charge on any atom is 0.435 e. The Morgan fingerprint density at radius 1 is 1.12 bits per heavy atom. The molecule has 1 heterocycles. The molecule has 17 heteroatoms. The zero-order valence-electron chi connectivity index (χ0n) is 23.7. The number of carbonyl (C=O) groups is 2. The van der Waals surface area contributed by atoms with E-state index in [1.54, 1.807) is 31.2 Å². The number of nitrogens with one attached hydrogen (secondary N) is 1. The molecule has 0 saturated heterocycles. The lowest BCUT2D eigenvalue weighted by Gasteiger charge is -2.29. The van der Waals surface area contributed by atoms with Crippen LogP contribution in [-0.4, -0.2) is 59.4 Å². The van der Waals surface area contributed by atoms with E-state index in [1.807, 2.05) is 11.6 Å². The summed E-state index contributed by atoms with van der Waals surface area (Å²) < 4.78 is 73.9. The maximum atomic E-state index is 13.5. The normalized spacial score (nSPS) is 12.5. The van der Waals surface area contributed by atoms with Crippen LogP contribution < -0.4 is 4.72 Å². The number of hydrazine groups is 1. The first kappa shape index (κ1) is 32.8. The van der Waals surface area contributed by atoms with Gasteiger partial charge in [-0.1, -0.05) is 36.8 Å². The number of alkyl halides is 3. The zero-order valence-corrected chi connectivity index (χ0v) is 24.6. The fourth-order valence-corrected chi connectivity index (χ4v) is 4.51. The van der Waals surface area contributed by atoms with Crippen molar-refractivity contribution in [3.8, 4) is 16.9 Å². The number of esters is 1. The maximum absolute atomic E-state index is 13.5. The van der Waals surface area contributed by atoms with E-state index in [0.717, 1.165) is 40.5 Å². The number of nitrogens with zero attached hydrogens (tertiary/aromatic N) is 5. The number of hydrogen-bond acceptors (Lipinski definition) is 9.